The number of nitrogens with one attached hydrogen (secondary N) is 1. The number of benzene rings is 4. The van der Waals surface area contributed by atoms with Crippen molar-refractivity contribution in [3.63, 3.8) is 0 Å². The molecule has 33 heavy (non-hydrogen) atoms. The van der Waals surface area contributed by atoms with Crippen LogP contribution in [0.5, 0.6) is 5.75 Å². The second-order valence-corrected chi connectivity index (χ2v) is 6.99. The summed E-state index contributed by atoms with van der Waals surface area (Å²) in [5, 5.41) is 16.4. The fourth-order valence-electron chi connectivity index (χ4n) is 3.18. The average Bonchev–Trinajstić information content (AvgIpc) is 2.84. The van der Waals surface area contributed by atoms with Crippen LogP contribution in [0.4, 0.5) is 5.69 Å². The molecule has 0 heterocycles. The predicted molar refractivity (Wildman–Crippen MR) is 124 cm³/mol. The number of hydrogen-bond acceptors (Lipinski definition) is 6. The first-order chi connectivity index (χ1) is 16.0. The summed E-state index contributed by atoms with van der Waals surface area (Å²) in [6.07, 6.45) is 1.41. The first-order valence-corrected chi connectivity index (χ1v) is 9.89. The van der Waals surface area contributed by atoms with Crippen LogP contribution in [0.15, 0.2) is 96.1 Å². The minimum atomic E-state index is -0.575. The second-order valence-electron chi connectivity index (χ2n) is 6.99. The van der Waals surface area contributed by atoms with Crippen molar-refractivity contribution in [2.24, 2.45) is 5.10 Å². The number of ether oxygens (including phenoxy) is 1. The molecule has 162 valence electrons. The zero-order chi connectivity index (χ0) is 23.2. The molecule has 0 spiro atoms. The topological polar surface area (TPSA) is 111 Å². The summed E-state index contributed by atoms with van der Waals surface area (Å²) in [6, 6.07) is 25.0. The predicted octanol–water partition coefficient (Wildman–Crippen LogP) is 4.73. The highest BCUT2D eigenvalue weighted by molar-refractivity contribution is 6.05. The van der Waals surface area contributed by atoms with Crippen LogP contribution in [0.2, 0.25) is 0 Å². The molecular weight excluding hydrogens is 422 g/mol. The van der Waals surface area contributed by atoms with Crippen LogP contribution >= 0.6 is 0 Å². The summed E-state index contributed by atoms with van der Waals surface area (Å²) < 4.78 is 5.49. The van der Waals surface area contributed by atoms with Gasteiger partial charge in [0.25, 0.3) is 11.6 Å². The molecule has 0 bridgehead atoms. The number of hydrogen-bond donors (Lipinski definition) is 1. The maximum atomic E-state index is 12.6. The van der Waals surface area contributed by atoms with Gasteiger partial charge in [0.15, 0.2) is 0 Å². The molecule has 0 saturated heterocycles. The van der Waals surface area contributed by atoms with Crippen molar-refractivity contribution >= 4 is 34.6 Å². The van der Waals surface area contributed by atoms with Crippen LogP contribution < -0.4 is 10.2 Å². The number of nitro groups is 1. The molecule has 0 saturated carbocycles. The number of hydrazone groups is 1. The Morgan fingerprint density at radius 1 is 0.909 bits per heavy atom. The van der Waals surface area contributed by atoms with E-state index < -0.39 is 16.8 Å². The molecular formula is C25H17N3O5. The van der Waals surface area contributed by atoms with Gasteiger partial charge in [0.05, 0.1) is 16.7 Å². The highest BCUT2D eigenvalue weighted by atomic mass is 16.6. The fourth-order valence-corrected chi connectivity index (χ4v) is 3.18. The number of esters is 1. The van der Waals surface area contributed by atoms with Gasteiger partial charge in [-0.3, -0.25) is 14.9 Å². The van der Waals surface area contributed by atoms with Gasteiger partial charge in [-0.15, -0.1) is 0 Å². The van der Waals surface area contributed by atoms with E-state index in [2.05, 4.69) is 10.5 Å². The number of amides is 1. The van der Waals surface area contributed by atoms with Gasteiger partial charge in [-0.1, -0.05) is 42.5 Å². The molecule has 0 atom stereocenters. The Labute approximate surface area is 188 Å². The molecule has 0 aliphatic heterocycles. The van der Waals surface area contributed by atoms with E-state index in [0.29, 0.717) is 16.9 Å². The van der Waals surface area contributed by atoms with Crippen molar-refractivity contribution in [2.75, 3.05) is 0 Å². The smallest absolute Gasteiger partial charge is 0.344 e. The molecule has 4 rings (SSSR count). The third kappa shape index (κ3) is 5.08. The zero-order valence-electron chi connectivity index (χ0n) is 17.2. The highest BCUT2D eigenvalue weighted by Crippen LogP contribution is 2.21. The average molecular weight is 439 g/mol. The van der Waals surface area contributed by atoms with Crippen molar-refractivity contribution in [2.45, 2.75) is 0 Å². The molecule has 0 fully saturated rings. The van der Waals surface area contributed by atoms with Gasteiger partial charge in [-0.2, -0.15) is 5.10 Å². The number of carbonyl (C=O) groups excluding carboxylic acids is 2. The Bertz CT molecular complexity index is 1380. The normalized spacial score (nSPS) is 10.8. The maximum absolute atomic E-state index is 12.6. The van der Waals surface area contributed by atoms with E-state index in [4.69, 9.17) is 4.74 Å². The molecule has 1 N–H and O–H groups in total. The standard InChI is InChI=1S/C25H17N3O5/c29-24(19-7-3-8-20(15-19)28(31)32)27-26-16-17-11-13-21(14-12-17)33-25(30)23-10-4-6-18-5-1-2-9-22(18)23/h1-16H,(H,27,29)/b26-16-. The molecule has 4 aromatic rings. The van der Waals surface area contributed by atoms with Crippen molar-refractivity contribution in [3.8, 4) is 5.75 Å². The number of non-ortho nitro benzene ring substituents is 1. The monoisotopic (exact) mass is 439 g/mol. The maximum Gasteiger partial charge on any atom is 0.344 e. The molecule has 0 aliphatic rings. The highest BCUT2D eigenvalue weighted by Gasteiger charge is 2.12. The van der Waals surface area contributed by atoms with Crippen LogP contribution in [-0.4, -0.2) is 23.0 Å². The van der Waals surface area contributed by atoms with Gasteiger partial charge in [0.1, 0.15) is 5.75 Å². The summed E-state index contributed by atoms with van der Waals surface area (Å²) in [7, 11) is 0. The number of nitrogens with zero attached hydrogens (tertiary/aromatic N) is 2. The molecule has 8 heteroatoms. The van der Waals surface area contributed by atoms with Crippen molar-refractivity contribution < 1.29 is 19.2 Å². The Morgan fingerprint density at radius 2 is 1.64 bits per heavy atom. The van der Waals surface area contributed by atoms with Crippen molar-refractivity contribution in [1.82, 2.24) is 5.43 Å². The Balaban J connectivity index is 1.38. The van der Waals surface area contributed by atoms with Crippen LogP contribution in [0.3, 0.4) is 0 Å². The van der Waals surface area contributed by atoms with E-state index in [1.807, 2.05) is 30.3 Å². The van der Waals surface area contributed by atoms with Crippen LogP contribution in [0.25, 0.3) is 10.8 Å². The lowest BCUT2D eigenvalue weighted by Gasteiger charge is -2.07. The van der Waals surface area contributed by atoms with Crippen LogP contribution in [0.1, 0.15) is 26.3 Å². The lowest BCUT2D eigenvalue weighted by molar-refractivity contribution is -0.384. The molecule has 0 radical (unpaired) electrons. The summed E-state index contributed by atoms with van der Waals surface area (Å²) in [6.45, 7) is 0. The van der Waals surface area contributed by atoms with E-state index in [1.165, 1.54) is 30.5 Å². The van der Waals surface area contributed by atoms with E-state index >= 15 is 0 Å². The van der Waals surface area contributed by atoms with Gasteiger partial charge in [-0.25, -0.2) is 10.2 Å². The quantitative estimate of drug-likeness (QED) is 0.153. The molecule has 4 aromatic carbocycles. The van der Waals surface area contributed by atoms with Gasteiger partial charge in [-0.05, 0) is 52.7 Å². The third-order valence-corrected chi connectivity index (χ3v) is 4.80. The minimum absolute atomic E-state index is 0.122. The fraction of sp³-hybridized carbons (Fsp3) is 0. The van der Waals surface area contributed by atoms with Crippen LogP contribution in [0, 0.1) is 10.1 Å². The first kappa shape index (κ1) is 21.4. The number of carbonyl (C=O) groups is 2. The van der Waals surface area contributed by atoms with Crippen molar-refractivity contribution in [3.05, 3.63) is 118 Å². The Kier molecular flexibility index (Phi) is 6.17. The van der Waals surface area contributed by atoms with Gasteiger partial charge >= 0.3 is 5.97 Å². The molecule has 0 aromatic heterocycles. The van der Waals surface area contributed by atoms with Crippen LogP contribution in [-0.2, 0) is 0 Å². The molecule has 0 unspecified atom stereocenters. The molecule has 8 nitrogen and oxygen atoms in total. The summed E-state index contributed by atoms with van der Waals surface area (Å²) in [4.78, 5) is 35.0. The largest absolute Gasteiger partial charge is 0.423 e. The number of fused-ring (bicyclic) bond motifs is 1. The minimum Gasteiger partial charge on any atom is -0.423 e. The lowest BCUT2D eigenvalue weighted by atomic mass is 10.0. The lowest BCUT2D eigenvalue weighted by Crippen LogP contribution is -2.17. The number of nitro benzene ring substituents is 1. The molecule has 1 amide bonds. The summed E-state index contributed by atoms with van der Waals surface area (Å²) in [5.41, 5.74) is 3.39. The second kappa shape index (κ2) is 9.52. The number of rotatable bonds is 6. The Hall–Kier alpha value is -4.85. The first-order valence-electron chi connectivity index (χ1n) is 9.89. The van der Waals surface area contributed by atoms with E-state index in [-0.39, 0.29) is 11.3 Å². The van der Waals surface area contributed by atoms with E-state index in [0.717, 1.165) is 10.8 Å². The van der Waals surface area contributed by atoms with Gasteiger partial charge < -0.3 is 4.74 Å². The zero-order valence-corrected chi connectivity index (χ0v) is 17.2. The third-order valence-electron chi connectivity index (χ3n) is 4.80. The van der Waals surface area contributed by atoms with E-state index in [1.54, 1.807) is 36.4 Å². The van der Waals surface area contributed by atoms with Gasteiger partial charge in [0, 0.05) is 17.7 Å². The molecule has 0 aliphatic carbocycles. The van der Waals surface area contributed by atoms with Crippen molar-refractivity contribution in [1.29, 1.82) is 0 Å². The summed E-state index contributed by atoms with van der Waals surface area (Å²) >= 11 is 0. The van der Waals surface area contributed by atoms with Gasteiger partial charge in [0.2, 0.25) is 0 Å². The SMILES string of the molecule is O=C(N/N=C\c1ccc(OC(=O)c2cccc3ccccc23)cc1)c1cccc([N+](=O)[O-])c1. The van der Waals surface area contributed by atoms with E-state index in [9.17, 15) is 19.7 Å². The summed E-state index contributed by atoms with van der Waals surface area (Å²) in [5.74, 6) is -0.668. The Morgan fingerprint density at radius 3 is 2.42 bits per heavy atom.